The van der Waals surface area contributed by atoms with E-state index in [1.54, 1.807) is 12.1 Å². The van der Waals surface area contributed by atoms with E-state index in [2.05, 4.69) is 0 Å². The predicted molar refractivity (Wildman–Crippen MR) is 95.2 cm³/mol. The molecule has 0 aliphatic heterocycles. The van der Waals surface area contributed by atoms with Gasteiger partial charge in [-0.1, -0.05) is 24.3 Å². The van der Waals surface area contributed by atoms with Gasteiger partial charge in [0.2, 0.25) is 0 Å². The van der Waals surface area contributed by atoms with Crippen molar-refractivity contribution >= 4 is 5.97 Å². The Morgan fingerprint density at radius 2 is 1.96 bits per heavy atom. The minimum absolute atomic E-state index is 0.0396. The first-order valence-corrected chi connectivity index (χ1v) is 8.72. The molecule has 2 aromatic rings. The second-order valence-electron chi connectivity index (χ2n) is 6.98. The van der Waals surface area contributed by atoms with Crippen LogP contribution < -0.4 is 4.74 Å². The van der Waals surface area contributed by atoms with Crippen molar-refractivity contribution in [1.29, 1.82) is 0 Å². The molecule has 132 valence electrons. The molecule has 2 atom stereocenters. The largest absolute Gasteiger partial charge is 0.491 e. The lowest BCUT2D eigenvalue weighted by Gasteiger charge is -2.12. The molecule has 3 rings (SSSR count). The van der Waals surface area contributed by atoms with Gasteiger partial charge in [-0.3, -0.25) is 4.79 Å². The average molecular weight is 342 g/mol. The molecule has 0 radical (unpaired) electrons. The molecule has 0 aromatic heterocycles. The summed E-state index contributed by atoms with van der Waals surface area (Å²) >= 11 is 0. The molecule has 1 saturated carbocycles. The molecule has 0 bridgehead atoms. The van der Waals surface area contributed by atoms with Crippen molar-refractivity contribution in [1.82, 2.24) is 0 Å². The minimum atomic E-state index is -0.681. The molecule has 1 aliphatic carbocycles. The lowest BCUT2D eigenvalue weighted by Crippen LogP contribution is -2.05. The standard InChI is InChI=1S/C21H23FO3/c1-13(2)25-17-9-10-20(22)18(12-17)15-6-3-14(4-7-15)5-8-16-11-19(16)21(23)24/h3-4,6-7,9-10,12-13,16,19H,5,8,11H2,1-2H3,(H,23,24)/t16-,19?/m1/s1. The second-order valence-corrected chi connectivity index (χ2v) is 6.98. The molecule has 1 unspecified atom stereocenters. The number of halogens is 1. The van der Waals surface area contributed by atoms with Crippen LogP contribution in [0.4, 0.5) is 4.39 Å². The monoisotopic (exact) mass is 342 g/mol. The van der Waals surface area contributed by atoms with E-state index < -0.39 is 5.97 Å². The van der Waals surface area contributed by atoms with Crippen molar-refractivity contribution in [3.63, 3.8) is 0 Å². The molecule has 0 saturated heterocycles. The Bertz CT molecular complexity index is 752. The molecule has 1 aliphatic rings. The maximum absolute atomic E-state index is 14.2. The van der Waals surface area contributed by atoms with Crippen molar-refractivity contribution < 1.29 is 19.0 Å². The second kappa shape index (κ2) is 7.26. The van der Waals surface area contributed by atoms with E-state index in [0.29, 0.717) is 17.2 Å². The number of carboxylic acids is 1. The Morgan fingerprint density at radius 1 is 1.24 bits per heavy atom. The van der Waals surface area contributed by atoms with E-state index in [0.717, 1.165) is 30.4 Å². The number of carboxylic acid groups (broad SMARTS) is 1. The number of benzene rings is 2. The SMILES string of the molecule is CC(C)Oc1ccc(F)c(-c2ccc(CC[C@@H]3CC3C(=O)O)cc2)c1. The van der Waals surface area contributed by atoms with Crippen LogP contribution in [0.15, 0.2) is 42.5 Å². The van der Waals surface area contributed by atoms with Gasteiger partial charge in [-0.15, -0.1) is 0 Å². The summed E-state index contributed by atoms with van der Waals surface area (Å²) in [6, 6.07) is 12.6. The quantitative estimate of drug-likeness (QED) is 0.776. The van der Waals surface area contributed by atoms with Crippen molar-refractivity contribution in [2.75, 3.05) is 0 Å². The van der Waals surface area contributed by atoms with Crippen LogP contribution in [0.2, 0.25) is 0 Å². The number of aryl methyl sites for hydroxylation is 1. The number of carbonyl (C=O) groups is 1. The van der Waals surface area contributed by atoms with Crippen LogP contribution in [-0.2, 0) is 11.2 Å². The van der Waals surface area contributed by atoms with Gasteiger partial charge in [0.15, 0.2) is 0 Å². The van der Waals surface area contributed by atoms with Crippen molar-refractivity contribution in [2.24, 2.45) is 11.8 Å². The normalized spacial score (nSPS) is 19.0. The van der Waals surface area contributed by atoms with Gasteiger partial charge >= 0.3 is 5.97 Å². The van der Waals surface area contributed by atoms with E-state index in [4.69, 9.17) is 9.84 Å². The maximum atomic E-state index is 14.2. The molecule has 25 heavy (non-hydrogen) atoms. The van der Waals surface area contributed by atoms with Crippen LogP contribution in [-0.4, -0.2) is 17.2 Å². The van der Waals surface area contributed by atoms with Crippen LogP contribution in [0.25, 0.3) is 11.1 Å². The van der Waals surface area contributed by atoms with Gasteiger partial charge in [0.1, 0.15) is 11.6 Å². The Morgan fingerprint density at radius 3 is 2.56 bits per heavy atom. The van der Waals surface area contributed by atoms with E-state index in [1.165, 1.54) is 6.07 Å². The summed E-state index contributed by atoms with van der Waals surface area (Å²) in [6.45, 7) is 3.87. The number of hydrogen-bond donors (Lipinski definition) is 1. The lowest BCUT2D eigenvalue weighted by atomic mass is 10.0. The van der Waals surface area contributed by atoms with Crippen LogP contribution in [0, 0.1) is 17.7 Å². The van der Waals surface area contributed by atoms with Crippen molar-refractivity contribution in [3.8, 4) is 16.9 Å². The fraction of sp³-hybridized carbons (Fsp3) is 0.381. The summed E-state index contributed by atoms with van der Waals surface area (Å²) in [7, 11) is 0. The number of aliphatic carboxylic acids is 1. The fourth-order valence-corrected chi connectivity index (χ4v) is 3.14. The smallest absolute Gasteiger partial charge is 0.306 e. The van der Waals surface area contributed by atoms with Crippen LogP contribution in [0.3, 0.4) is 0 Å². The van der Waals surface area contributed by atoms with Gasteiger partial charge in [0.25, 0.3) is 0 Å². The zero-order valence-corrected chi connectivity index (χ0v) is 14.5. The van der Waals surface area contributed by atoms with Gasteiger partial charge in [-0.05, 0) is 68.4 Å². The van der Waals surface area contributed by atoms with Gasteiger partial charge < -0.3 is 9.84 Å². The molecule has 1 N–H and O–H groups in total. The van der Waals surface area contributed by atoms with Gasteiger partial charge in [0, 0.05) is 5.56 Å². The summed E-state index contributed by atoms with van der Waals surface area (Å²) in [6.07, 6.45) is 2.58. The summed E-state index contributed by atoms with van der Waals surface area (Å²) in [4.78, 5) is 10.9. The van der Waals surface area contributed by atoms with Crippen molar-refractivity contribution in [2.45, 2.75) is 39.2 Å². The zero-order chi connectivity index (χ0) is 18.0. The number of hydrogen-bond acceptors (Lipinski definition) is 2. The predicted octanol–water partition coefficient (Wildman–Crippen LogP) is 4.93. The third kappa shape index (κ3) is 4.38. The Labute approximate surface area is 147 Å². The van der Waals surface area contributed by atoms with E-state index in [1.807, 2.05) is 38.1 Å². The fourth-order valence-electron chi connectivity index (χ4n) is 3.14. The number of ether oxygens (including phenoxy) is 1. The molecular formula is C21H23FO3. The molecular weight excluding hydrogens is 319 g/mol. The molecule has 1 fully saturated rings. The molecule has 0 heterocycles. The third-order valence-corrected chi connectivity index (χ3v) is 4.62. The topological polar surface area (TPSA) is 46.5 Å². The molecule has 0 spiro atoms. The highest BCUT2D eigenvalue weighted by Gasteiger charge is 2.42. The maximum Gasteiger partial charge on any atom is 0.306 e. The van der Waals surface area contributed by atoms with Gasteiger partial charge in [0.05, 0.1) is 12.0 Å². The van der Waals surface area contributed by atoms with Crippen LogP contribution in [0.1, 0.15) is 32.3 Å². The Kier molecular flexibility index (Phi) is 5.07. The summed E-state index contributed by atoms with van der Waals surface area (Å²) in [5, 5.41) is 8.94. The minimum Gasteiger partial charge on any atom is -0.491 e. The first-order valence-electron chi connectivity index (χ1n) is 8.72. The van der Waals surface area contributed by atoms with Crippen LogP contribution in [0.5, 0.6) is 5.75 Å². The molecule has 2 aromatic carbocycles. The van der Waals surface area contributed by atoms with Gasteiger partial charge in [-0.25, -0.2) is 4.39 Å². The molecule has 4 heteroatoms. The summed E-state index contributed by atoms with van der Waals surface area (Å²) in [5.41, 5.74) is 2.48. The average Bonchev–Trinajstić information content (AvgIpc) is 3.35. The van der Waals surface area contributed by atoms with Crippen molar-refractivity contribution in [3.05, 3.63) is 53.8 Å². The van der Waals surface area contributed by atoms with Gasteiger partial charge in [-0.2, -0.15) is 0 Å². The van der Waals surface area contributed by atoms with E-state index in [-0.39, 0.29) is 17.8 Å². The van der Waals surface area contributed by atoms with E-state index >= 15 is 0 Å². The highest BCUT2D eigenvalue weighted by molar-refractivity contribution is 5.73. The molecule has 0 amide bonds. The summed E-state index contributed by atoms with van der Waals surface area (Å²) < 4.78 is 19.8. The summed E-state index contributed by atoms with van der Waals surface area (Å²) in [5.74, 6) is -0.147. The lowest BCUT2D eigenvalue weighted by molar-refractivity contribution is -0.138. The number of rotatable bonds is 7. The van der Waals surface area contributed by atoms with Crippen LogP contribution >= 0.6 is 0 Å². The first-order chi connectivity index (χ1) is 11.9. The molecule has 3 nitrogen and oxygen atoms in total. The highest BCUT2D eigenvalue weighted by Crippen LogP contribution is 2.42. The Balaban J connectivity index is 1.67. The third-order valence-electron chi connectivity index (χ3n) is 4.62. The highest BCUT2D eigenvalue weighted by atomic mass is 19.1. The zero-order valence-electron chi connectivity index (χ0n) is 14.5. The van der Waals surface area contributed by atoms with E-state index in [9.17, 15) is 9.18 Å². The Hall–Kier alpha value is -2.36. The first kappa shape index (κ1) is 17.5.